The van der Waals surface area contributed by atoms with Crippen LogP contribution in [0.3, 0.4) is 0 Å². The first-order valence-electron chi connectivity index (χ1n) is 11.5. The minimum atomic E-state index is -0.148. The highest BCUT2D eigenvalue weighted by atomic mass is 35.5. The number of fused-ring (bicyclic) bond motifs is 1. The van der Waals surface area contributed by atoms with Crippen LogP contribution in [0.25, 0.3) is 0 Å². The van der Waals surface area contributed by atoms with Gasteiger partial charge in [-0.1, -0.05) is 35.3 Å². The van der Waals surface area contributed by atoms with E-state index in [0.29, 0.717) is 27.1 Å². The minimum absolute atomic E-state index is 0.0814. The molecule has 4 unspecified atom stereocenters. The van der Waals surface area contributed by atoms with E-state index in [1.165, 1.54) is 5.56 Å². The molecule has 2 aliphatic rings. The Labute approximate surface area is 211 Å². The molecule has 3 N–H and O–H groups in total. The summed E-state index contributed by atoms with van der Waals surface area (Å²) in [6.45, 7) is 0.841. The number of benzene rings is 2. The van der Waals surface area contributed by atoms with Crippen LogP contribution in [0.4, 0.5) is 0 Å². The fourth-order valence-electron chi connectivity index (χ4n) is 5.08. The molecule has 4 atom stereocenters. The highest BCUT2D eigenvalue weighted by molar-refractivity contribution is 6.38. The van der Waals surface area contributed by atoms with Crippen LogP contribution in [0, 0.1) is 5.92 Å². The number of rotatable bonds is 7. The molecule has 0 bridgehead atoms. The van der Waals surface area contributed by atoms with Gasteiger partial charge in [0.15, 0.2) is 0 Å². The Morgan fingerprint density at radius 3 is 2.29 bits per heavy atom. The first-order chi connectivity index (χ1) is 16.3. The van der Waals surface area contributed by atoms with E-state index in [2.05, 4.69) is 21.1 Å². The normalized spacial score (nSPS) is 24.1. The lowest BCUT2D eigenvalue weighted by molar-refractivity contribution is 0.0915. The van der Waals surface area contributed by atoms with Gasteiger partial charge >= 0.3 is 0 Å². The number of amides is 1. The van der Waals surface area contributed by atoms with Gasteiger partial charge in [0, 0.05) is 35.7 Å². The van der Waals surface area contributed by atoms with Crippen molar-refractivity contribution in [2.45, 2.75) is 43.9 Å². The van der Waals surface area contributed by atoms with Crippen LogP contribution < -0.4 is 25.6 Å². The van der Waals surface area contributed by atoms with Crippen LogP contribution in [0.2, 0.25) is 10.0 Å². The Kier molecular flexibility index (Phi) is 7.90. The summed E-state index contributed by atoms with van der Waals surface area (Å²) in [5.41, 5.74) is 9.35. The maximum absolute atomic E-state index is 12.9. The molecule has 2 aromatic rings. The Bertz CT molecular complexity index is 1000. The fourth-order valence-corrected chi connectivity index (χ4v) is 5.89. The summed E-state index contributed by atoms with van der Waals surface area (Å²) in [5, 5.41) is 4.22. The third kappa shape index (κ3) is 5.14. The summed E-state index contributed by atoms with van der Waals surface area (Å²) >= 11 is 13.3. The van der Waals surface area contributed by atoms with Gasteiger partial charge < -0.3 is 19.7 Å². The lowest BCUT2D eigenvalue weighted by Gasteiger charge is -2.34. The predicted molar refractivity (Wildman–Crippen MR) is 135 cm³/mol. The van der Waals surface area contributed by atoms with E-state index >= 15 is 0 Å². The van der Waals surface area contributed by atoms with Gasteiger partial charge in [-0.2, -0.15) is 0 Å². The van der Waals surface area contributed by atoms with Gasteiger partial charge in [-0.05, 0) is 57.0 Å². The summed E-state index contributed by atoms with van der Waals surface area (Å²) in [5.74, 6) is 1.44. The predicted octanol–water partition coefficient (Wildman–Crippen LogP) is 4.19. The number of carbonyl (C=O) groups excluding carboxylic acids is 1. The van der Waals surface area contributed by atoms with Gasteiger partial charge in [0.05, 0.1) is 30.4 Å². The first kappa shape index (κ1) is 25.1. The monoisotopic (exact) mass is 506 g/mol. The van der Waals surface area contributed by atoms with Crippen molar-refractivity contribution in [1.82, 2.24) is 21.1 Å². The molecular weight excluding hydrogens is 475 g/mol. The van der Waals surface area contributed by atoms with Crippen molar-refractivity contribution < 1.29 is 14.3 Å². The van der Waals surface area contributed by atoms with Gasteiger partial charge in [-0.15, -0.1) is 0 Å². The van der Waals surface area contributed by atoms with Crippen molar-refractivity contribution in [3.63, 3.8) is 0 Å². The van der Waals surface area contributed by atoms with Crippen molar-refractivity contribution in [2.75, 3.05) is 28.3 Å². The molecule has 7 nitrogen and oxygen atoms in total. The Balaban J connectivity index is 1.43. The summed E-state index contributed by atoms with van der Waals surface area (Å²) < 4.78 is 10.9. The number of nitrogens with zero attached hydrogens (tertiary/aromatic N) is 1. The van der Waals surface area contributed by atoms with Crippen LogP contribution in [-0.4, -0.2) is 51.3 Å². The van der Waals surface area contributed by atoms with Gasteiger partial charge in [0.2, 0.25) is 0 Å². The number of ether oxygens (including phenoxy) is 2. The SMILES string of the molecule is COc1cc(OC)c(Cl)c(C2CCC3C(C2)NNC3NC(=O)c2ccc(CN(C)C)cc2)c1Cl. The zero-order valence-corrected chi connectivity index (χ0v) is 21.5. The van der Waals surface area contributed by atoms with E-state index in [1.54, 1.807) is 20.3 Å². The highest BCUT2D eigenvalue weighted by Gasteiger charge is 2.42. The maximum atomic E-state index is 12.9. The van der Waals surface area contributed by atoms with Crippen molar-refractivity contribution in [3.8, 4) is 11.5 Å². The molecule has 4 rings (SSSR count). The number of halogens is 2. The topological polar surface area (TPSA) is 74.9 Å². The molecule has 0 radical (unpaired) electrons. The molecule has 1 saturated carbocycles. The molecule has 34 heavy (non-hydrogen) atoms. The summed E-state index contributed by atoms with van der Waals surface area (Å²) in [6, 6.07) is 9.65. The summed E-state index contributed by atoms with van der Waals surface area (Å²) in [7, 11) is 7.22. The molecule has 9 heteroatoms. The second kappa shape index (κ2) is 10.7. The zero-order chi connectivity index (χ0) is 24.4. The molecule has 1 saturated heterocycles. The number of methoxy groups -OCH3 is 2. The van der Waals surface area contributed by atoms with E-state index in [1.807, 2.05) is 38.4 Å². The van der Waals surface area contributed by atoms with E-state index in [-0.39, 0.29) is 30.0 Å². The Hall–Kier alpha value is -2.03. The van der Waals surface area contributed by atoms with Crippen LogP contribution in [0.15, 0.2) is 30.3 Å². The van der Waals surface area contributed by atoms with Crippen molar-refractivity contribution >= 4 is 29.1 Å². The molecule has 2 aromatic carbocycles. The van der Waals surface area contributed by atoms with Gasteiger partial charge in [-0.25, -0.2) is 5.43 Å². The van der Waals surface area contributed by atoms with Crippen LogP contribution in [0.5, 0.6) is 11.5 Å². The Morgan fingerprint density at radius 1 is 1.06 bits per heavy atom. The van der Waals surface area contributed by atoms with Gasteiger partial charge in [0.25, 0.3) is 5.91 Å². The van der Waals surface area contributed by atoms with Crippen LogP contribution in [0.1, 0.15) is 46.7 Å². The van der Waals surface area contributed by atoms with Crippen LogP contribution >= 0.6 is 23.2 Å². The van der Waals surface area contributed by atoms with E-state index in [9.17, 15) is 4.79 Å². The largest absolute Gasteiger partial charge is 0.495 e. The molecule has 1 amide bonds. The number of hydrogen-bond donors (Lipinski definition) is 3. The first-order valence-corrected chi connectivity index (χ1v) is 12.2. The average Bonchev–Trinajstić information content (AvgIpc) is 3.21. The third-order valence-electron chi connectivity index (χ3n) is 6.77. The second-order valence-electron chi connectivity index (χ2n) is 9.28. The highest BCUT2D eigenvalue weighted by Crippen LogP contribution is 2.49. The number of hydrazine groups is 1. The molecule has 1 aliphatic heterocycles. The third-order valence-corrected chi connectivity index (χ3v) is 7.55. The van der Waals surface area contributed by atoms with E-state index in [4.69, 9.17) is 32.7 Å². The van der Waals surface area contributed by atoms with Crippen molar-refractivity contribution in [3.05, 3.63) is 57.1 Å². The minimum Gasteiger partial charge on any atom is -0.495 e. The molecule has 1 aliphatic carbocycles. The molecule has 0 spiro atoms. The summed E-state index contributed by atoms with van der Waals surface area (Å²) in [6.07, 6.45) is 2.49. The lowest BCUT2D eigenvalue weighted by atomic mass is 9.75. The van der Waals surface area contributed by atoms with E-state index in [0.717, 1.165) is 31.4 Å². The molecule has 0 aromatic heterocycles. The van der Waals surface area contributed by atoms with E-state index < -0.39 is 0 Å². The summed E-state index contributed by atoms with van der Waals surface area (Å²) in [4.78, 5) is 15.0. The van der Waals surface area contributed by atoms with Gasteiger partial charge in [0.1, 0.15) is 11.5 Å². The number of nitrogens with one attached hydrogen (secondary N) is 3. The van der Waals surface area contributed by atoms with Crippen molar-refractivity contribution in [1.29, 1.82) is 0 Å². The molecule has 2 fully saturated rings. The zero-order valence-electron chi connectivity index (χ0n) is 20.0. The number of carbonyl (C=O) groups is 1. The quantitative estimate of drug-likeness (QED) is 0.522. The molecular formula is C25H32Cl2N4O3. The lowest BCUT2D eigenvalue weighted by Crippen LogP contribution is -2.47. The van der Waals surface area contributed by atoms with Gasteiger partial charge in [-0.3, -0.25) is 10.2 Å². The maximum Gasteiger partial charge on any atom is 0.252 e. The van der Waals surface area contributed by atoms with Crippen LogP contribution in [-0.2, 0) is 6.54 Å². The molecule has 184 valence electrons. The standard InChI is InChI=1S/C25H32Cl2N4O3/c1-31(2)13-14-5-7-15(8-6-14)25(32)28-24-17-10-9-16(11-18(17)29-30-24)21-22(26)19(33-3)12-20(34-4)23(21)27/h5-8,12,16-18,24,29-30H,9-11,13H2,1-4H3,(H,28,32). The van der Waals surface area contributed by atoms with Crippen molar-refractivity contribution in [2.24, 2.45) is 5.92 Å². The average molecular weight is 507 g/mol. The Morgan fingerprint density at radius 2 is 1.71 bits per heavy atom. The smallest absolute Gasteiger partial charge is 0.252 e. The molecule has 1 heterocycles. The second-order valence-corrected chi connectivity index (χ2v) is 10.0. The fraction of sp³-hybridized carbons (Fsp3) is 0.480. The number of hydrogen-bond acceptors (Lipinski definition) is 6.